The Hall–Kier alpha value is -2.00. The number of aliphatic imine (C=N–C) groups is 1. The van der Waals surface area contributed by atoms with Gasteiger partial charge in [-0.3, -0.25) is 10.00 Å². The highest BCUT2D eigenvalue weighted by Gasteiger charge is 2.05. The third-order valence-corrected chi connectivity index (χ3v) is 2.79. The van der Waals surface area contributed by atoms with Gasteiger partial charge >= 0.3 is 0 Å². The average Bonchev–Trinajstić information content (AvgIpc) is 2.70. The van der Waals surface area contributed by atoms with Crippen LogP contribution in [0.5, 0.6) is 0 Å². The number of nitrogens with zero attached hydrogens (tertiary/aromatic N) is 4. The minimum Gasteiger partial charge on any atom is -0.275 e. The summed E-state index contributed by atoms with van der Waals surface area (Å²) in [7, 11) is 1.87. The Kier molecular flexibility index (Phi) is 3.30. The lowest BCUT2D eigenvalue weighted by atomic mass is 10.2. The molecule has 0 atom stereocenters. The highest BCUT2D eigenvalue weighted by Crippen LogP contribution is 2.24. The molecule has 0 unspecified atom stereocenters. The molecule has 2 rings (SSSR count). The molecule has 6 heteroatoms. The summed E-state index contributed by atoms with van der Waals surface area (Å²) in [6, 6.07) is 5.79. The van der Waals surface area contributed by atoms with Gasteiger partial charge in [0.05, 0.1) is 5.69 Å². The number of hydrogen-bond donors (Lipinski definition) is 1. The standard InChI is InChI=1S/C11H11N5S/c1-16-6-8-4-3-5-9(10(8)15-16)14-11(17-2)13-7-12/h3-6H,1-2H3,(H,13,14). The van der Waals surface area contributed by atoms with Crippen LogP contribution in [0.4, 0.5) is 5.69 Å². The molecule has 1 aromatic carbocycles. The molecule has 0 saturated carbocycles. The fourth-order valence-electron chi connectivity index (χ4n) is 1.52. The monoisotopic (exact) mass is 245 g/mol. The van der Waals surface area contributed by atoms with Crippen molar-refractivity contribution in [3.05, 3.63) is 24.4 Å². The summed E-state index contributed by atoms with van der Waals surface area (Å²) in [4.78, 5) is 4.38. The molecule has 86 valence electrons. The molecule has 0 aliphatic carbocycles. The Morgan fingerprint density at radius 3 is 3.12 bits per heavy atom. The molecule has 0 fully saturated rings. The van der Waals surface area contributed by atoms with Crippen molar-refractivity contribution in [2.24, 2.45) is 12.0 Å². The highest BCUT2D eigenvalue weighted by atomic mass is 32.2. The van der Waals surface area contributed by atoms with Crippen LogP contribution in [0.1, 0.15) is 0 Å². The maximum atomic E-state index is 8.59. The third kappa shape index (κ3) is 2.40. The summed E-state index contributed by atoms with van der Waals surface area (Å²) < 4.78 is 1.75. The molecule has 0 amide bonds. The van der Waals surface area contributed by atoms with Gasteiger partial charge in [0.1, 0.15) is 5.52 Å². The number of nitrogens with one attached hydrogen (secondary N) is 1. The SMILES string of the molecule is CSC(=Nc1cccc2cn(C)nc12)NC#N. The van der Waals surface area contributed by atoms with E-state index in [0.717, 1.165) is 16.6 Å². The van der Waals surface area contributed by atoms with E-state index in [2.05, 4.69) is 15.4 Å². The lowest BCUT2D eigenvalue weighted by molar-refractivity contribution is 0.780. The number of thioether (sulfide) groups is 1. The van der Waals surface area contributed by atoms with Crippen LogP contribution in [-0.4, -0.2) is 21.2 Å². The number of benzene rings is 1. The maximum Gasteiger partial charge on any atom is 0.183 e. The first kappa shape index (κ1) is 11.5. The summed E-state index contributed by atoms with van der Waals surface area (Å²) in [6.45, 7) is 0. The van der Waals surface area contributed by atoms with Crippen molar-refractivity contribution < 1.29 is 0 Å². The van der Waals surface area contributed by atoms with E-state index in [0.29, 0.717) is 5.17 Å². The zero-order valence-electron chi connectivity index (χ0n) is 9.51. The van der Waals surface area contributed by atoms with Crippen LogP contribution in [0.3, 0.4) is 0 Å². The van der Waals surface area contributed by atoms with Gasteiger partial charge in [-0.2, -0.15) is 10.4 Å². The smallest absolute Gasteiger partial charge is 0.183 e. The predicted octanol–water partition coefficient (Wildman–Crippen LogP) is 1.99. The summed E-state index contributed by atoms with van der Waals surface area (Å²) in [6.07, 6.45) is 5.66. The Labute approximate surface area is 103 Å². The first-order valence-corrected chi connectivity index (χ1v) is 6.17. The van der Waals surface area contributed by atoms with Gasteiger partial charge in [-0.1, -0.05) is 23.9 Å². The normalized spacial score (nSPS) is 11.5. The molecule has 0 aliphatic rings. The topological polar surface area (TPSA) is 66.0 Å². The number of fused-ring (bicyclic) bond motifs is 1. The Morgan fingerprint density at radius 2 is 2.41 bits per heavy atom. The number of aromatic nitrogens is 2. The lowest BCUT2D eigenvalue weighted by Gasteiger charge is -2.00. The van der Waals surface area contributed by atoms with Crippen molar-refractivity contribution in [1.29, 1.82) is 5.26 Å². The van der Waals surface area contributed by atoms with E-state index in [1.807, 2.05) is 43.9 Å². The molecule has 17 heavy (non-hydrogen) atoms. The quantitative estimate of drug-likeness (QED) is 0.361. The maximum absolute atomic E-state index is 8.59. The fraction of sp³-hybridized carbons (Fsp3) is 0.182. The molecule has 1 heterocycles. The van der Waals surface area contributed by atoms with E-state index in [1.54, 1.807) is 4.68 Å². The van der Waals surface area contributed by atoms with Gasteiger partial charge < -0.3 is 0 Å². The number of aryl methyl sites for hydroxylation is 1. The van der Waals surface area contributed by atoms with Gasteiger partial charge in [0.25, 0.3) is 0 Å². The number of rotatable bonds is 1. The van der Waals surface area contributed by atoms with Crippen LogP contribution in [0.25, 0.3) is 10.9 Å². The Morgan fingerprint density at radius 1 is 1.59 bits per heavy atom. The van der Waals surface area contributed by atoms with E-state index < -0.39 is 0 Å². The molecule has 5 nitrogen and oxygen atoms in total. The first-order chi connectivity index (χ1) is 8.24. The Balaban J connectivity index is 2.51. The zero-order valence-corrected chi connectivity index (χ0v) is 10.3. The molecule has 0 bridgehead atoms. The number of nitriles is 1. The van der Waals surface area contributed by atoms with E-state index in [-0.39, 0.29) is 0 Å². The number of hydrogen-bond acceptors (Lipinski definition) is 4. The number of amidine groups is 1. The molecular formula is C11H11N5S. The van der Waals surface area contributed by atoms with Crippen molar-refractivity contribution >= 4 is 33.5 Å². The molecule has 0 saturated heterocycles. The van der Waals surface area contributed by atoms with Gasteiger partial charge in [0.15, 0.2) is 11.4 Å². The Bertz CT molecular complexity index is 608. The van der Waals surface area contributed by atoms with E-state index in [9.17, 15) is 0 Å². The zero-order chi connectivity index (χ0) is 12.3. The highest BCUT2D eigenvalue weighted by molar-refractivity contribution is 8.13. The minimum atomic E-state index is 0.561. The van der Waals surface area contributed by atoms with Crippen LogP contribution < -0.4 is 5.32 Å². The van der Waals surface area contributed by atoms with E-state index >= 15 is 0 Å². The van der Waals surface area contributed by atoms with E-state index in [4.69, 9.17) is 5.26 Å². The van der Waals surface area contributed by atoms with Crippen LogP contribution in [0, 0.1) is 11.5 Å². The van der Waals surface area contributed by atoms with Crippen molar-refractivity contribution in [2.75, 3.05) is 6.26 Å². The van der Waals surface area contributed by atoms with Gasteiger partial charge in [0.2, 0.25) is 0 Å². The summed E-state index contributed by atoms with van der Waals surface area (Å²) >= 11 is 1.39. The fourth-order valence-corrected chi connectivity index (χ4v) is 1.86. The van der Waals surface area contributed by atoms with E-state index in [1.165, 1.54) is 11.8 Å². The van der Waals surface area contributed by atoms with Gasteiger partial charge in [-0.05, 0) is 12.3 Å². The van der Waals surface area contributed by atoms with Gasteiger partial charge in [-0.25, -0.2) is 4.99 Å². The molecule has 0 spiro atoms. The molecular weight excluding hydrogens is 234 g/mol. The second-order valence-corrected chi connectivity index (χ2v) is 4.17. The van der Waals surface area contributed by atoms with Crippen molar-refractivity contribution in [1.82, 2.24) is 15.1 Å². The summed E-state index contributed by atoms with van der Waals surface area (Å²) in [5.74, 6) is 0. The molecule has 0 radical (unpaired) electrons. The molecule has 1 aromatic heterocycles. The summed E-state index contributed by atoms with van der Waals surface area (Å²) in [5, 5.41) is 17.1. The molecule has 2 aromatic rings. The van der Waals surface area contributed by atoms with Crippen LogP contribution >= 0.6 is 11.8 Å². The third-order valence-electron chi connectivity index (χ3n) is 2.21. The van der Waals surface area contributed by atoms with Crippen LogP contribution in [0.2, 0.25) is 0 Å². The van der Waals surface area contributed by atoms with Crippen molar-refractivity contribution in [2.45, 2.75) is 0 Å². The predicted molar refractivity (Wildman–Crippen MR) is 70.1 cm³/mol. The van der Waals surface area contributed by atoms with Crippen LogP contribution in [-0.2, 0) is 7.05 Å². The lowest BCUT2D eigenvalue weighted by Crippen LogP contribution is -2.12. The minimum absolute atomic E-state index is 0.561. The molecule has 0 aliphatic heterocycles. The summed E-state index contributed by atoms with van der Waals surface area (Å²) in [5.41, 5.74) is 1.59. The first-order valence-electron chi connectivity index (χ1n) is 4.94. The van der Waals surface area contributed by atoms with Crippen molar-refractivity contribution in [3.63, 3.8) is 0 Å². The van der Waals surface area contributed by atoms with Crippen molar-refractivity contribution in [3.8, 4) is 6.19 Å². The van der Waals surface area contributed by atoms with Gasteiger partial charge in [0, 0.05) is 18.6 Å². The second kappa shape index (κ2) is 4.89. The largest absolute Gasteiger partial charge is 0.275 e. The average molecular weight is 245 g/mol. The molecule has 1 N–H and O–H groups in total. The second-order valence-electron chi connectivity index (χ2n) is 3.38. The van der Waals surface area contributed by atoms with Gasteiger partial charge in [-0.15, -0.1) is 0 Å². The van der Waals surface area contributed by atoms with Crippen LogP contribution in [0.15, 0.2) is 29.4 Å².